The first-order valence-corrected chi connectivity index (χ1v) is 17.7. The number of aliphatic hydroxyl groups excluding tert-OH is 1. The van der Waals surface area contributed by atoms with Crippen LogP contribution in [0.3, 0.4) is 0 Å². The molecule has 5 rings (SSSR count). The van der Waals surface area contributed by atoms with Crippen LogP contribution in [-0.2, 0) is 21.3 Å². The third kappa shape index (κ3) is 7.30. The summed E-state index contributed by atoms with van der Waals surface area (Å²) in [6, 6.07) is 17.0. The highest BCUT2D eigenvalue weighted by molar-refractivity contribution is 6.30. The van der Waals surface area contributed by atoms with Gasteiger partial charge >= 0.3 is 6.03 Å². The third-order valence-corrected chi connectivity index (χ3v) is 10.4. The highest BCUT2D eigenvalue weighted by atomic mass is 35.5. The van der Waals surface area contributed by atoms with Gasteiger partial charge in [0.2, 0.25) is 5.91 Å². The zero-order chi connectivity index (χ0) is 35.6. The zero-order valence-electron chi connectivity index (χ0n) is 29.2. The summed E-state index contributed by atoms with van der Waals surface area (Å²) in [5.41, 5.74) is 0.975. The van der Waals surface area contributed by atoms with E-state index in [0.717, 1.165) is 16.8 Å². The lowest BCUT2D eigenvalue weighted by Crippen LogP contribution is -2.59. The van der Waals surface area contributed by atoms with Crippen LogP contribution in [0, 0.1) is 5.92 Å². The van der Waals surface area contributed by atoms with Crippen molar-refractivity contribution in [3.05, 3.63) is 93.2 Å². The molecule has 0 spiro atoms. The molecule has 3 aromatic rings. The molecule has 1 fully saturated rings. The van der Waals surface area contributed by atoms with Crippen molar-refractivity contribution in [2.75, 3.05) is 32.8 Å². The quantitative estimate of drug-likeness (QED) is 0.243. The van der Waals surface area contributed by atoms with Gasteiger partial charge in [-0.15, -0.1) is 0 Å². The molecule has 0 radical (unpaired) electrons. The topological polar surface area (TPSA) is 107 Å². The summed E-state index contributed by atoms with van der Waals surface area (Å²) < 4.78 is 6.26. The van der Waals surface area contributed by atoms with Crippen molar-refractivity contribution in [1.29, 1.82) is 0 Å². The number of pyridine rings is 1. The number of amides is 3. The lowest BCUT2D eigenvalue weighted by Gasteiger charge is -2.47. The second-order valence-electron chi connectivity index (χ2n) is 14.2. The number of aliphatic hydroxyl groups is 1. The number of hydrogen-bond acceptors (Lipinski definition) is 6. The number of aromatic nitrogens is 1. The summed E-state index contributed by atoms with van der Waals surface area (Å²) in [6.45, 7) is 13.9. The van der Waals surface area contributed by atoms with Gasteiger partial charge in [0.05, 0.1) is 18.8 Å². The second kappa shape index (κ2) is 14.7. The van der Waals surface area contributed by atoms with Crippen molar-refractivity contribution in [1.82, 2.24) is 20.1 Å². The van der Waals surface area contributed by atoms with Gasteiger partial charge in [0.1, 0.15) is 22.7 Å². The molecule has 262 valence electrons. The average molecular weight is 709 g/mol. The summed E-state index contributed by atoms with van der Waals surface area (Å²) in [5.74, 6) is 1.11. The van der Waals surface area contributed by atoms with Gasteiger partial charge in [0.25, 0.3) is 0 Å². The number of halogens is 2. The van der Waals surface area contributed by atoms with Crippen LogP contribution in [0.1, 0.15) is 83.2 Å². The number of carbonyl (C=O) groups excluding carboxylic acids is 2. The number of nitrogens with one attached hydrogen (secondary N) is 1. The summed E-state index contributed by atoms with van der Waals surface area (Å²) in [5, 5.41) is 13.0. The number of piperidine rings is 1. The van der Waals surface area contributed by atoms with Crippen molar-refractivity contribution in [3.63, 3.8) is 0 Å². The summed E-state index contributed by atoms with van der Waals surface area (Å²) in [7, 11) is 0. The van der Waals surface area contributed by atoms with Gasteiger partial charge in [0, 0.05) is 59.5 Å². The number of carbonyl (C=O) groups is 2. The van der Waals surface area contributed by atoms with Gasteiger partial charge in [-0.25, -0.2) is 4.79 Å². The fraction of sp³-hybridized carbons (Fsp3) is 0.474. The molecule has 1 aromatic heterocycles. The lowest BCUT2D eigenvalue weighted by molar-refractivity contribution is -0.122. The van der Waals surface area contributed by atoms with Crippen LogP contribution in [0.25, 0.3) is 0 Å². The number of benzene rings is 2. The van der Waals surface area contributed by atoms with E-state index in [0.29, 0.717) is 66.2 Å². The predicted octanol–water partition coefficient (Wildman–Crippen LogP) is 7.31. The van der Waals surface area contributed by atoms with Gasteiger partial charge < -0.3 is 20.1 Å². The number of rotatable bonds is 9. The number of hydrogen-bond donors (Lipinski definition) is 2. The third-order valence-electron chi connectivity index (χ3n) is 9.91. The fourth-order valence-electron chi connectivity index (χ4n) is 6.86. The largest absolute Gasteiger partial charge is 0.493 e. The Labute approximate surface area is 299 Å². The monoisotopic (exact) mass is 707 g/mol. The summed E-state index contributed by atoms with van der Waals surface area (Å²) >= 11 is 12.8. The Morgan fingerprint density at radius 1 is 1.00 bits per heavy atom. The van der Waals surface area contributed by atoms with E-state index in [1.807, 2.05) is 78.2 Å². The number of aliphatic imine (C=N–C) groups is 1. The standard InChI is InChI=1S/C38H47Cl2N5O4/c1-7-49-31-23-32(36(2,3)4)42-24-30(31)34-43-37(5,26-8-12-28(39)13-9-26)38(6,27-10-14-29(40)15-11-27)45(34)35(48)44-19-16-25(17-20-44)22-33(47)41-18-21-46/h8-15,23-25,46H,7,16-22H2,1-6H3,(H,41,47). The SMILES string of the molecule is CCOc1cc(C(C)(C)C)ncc1C1=NC(C)(c2ccc(Cl)cc2)C(C)(c2ccc(Cl)cc2)N1C(=O)N1CCC(CC(=O)NCCO)CC1. The van der Waals surface area contributed by atoms with Crippen LogP contribution in [0.2, 0.25) is 10.0 Å². The van der Waals surface area contributed by atoms with E-state index in [1.54, 1.807) is 6.20 Å². The van der Waals surface area contributed by atoms with E-state index < -0.39 is 11.1 Å². The van der Waals surface area contributed by atoms with Gasteiger partial charge in [-0.2, -0.15) is 0 Å². The number of ether oxygens (including phenoxy) is 1. The molecule has 0 bridgehead atoms. The van der Waals surface area contributed by atoms with Crippen LogP contribution in [0.5, 0.6) is 5.75 Å². The lowest BCUT2D eigenvalue weighted by atomic mass is 9.71. The van der Waals surface area contributed by atoms with Crippen molar-refractivity contribution in [3.8, 4) is 5.75 Å². The van der Waals surface area contributed by atoms with Gasteiger partial charge in [-0.3, -0.25) is 19.7 Å². The van der Waals surface area contributed by atoms with E-state index in [1.165, 1.54) is 0 Å². The molecule has 2 aliphatic rings. The first-order chi connectivity index (χ1) is 23.2. The summed E-state index contributed by atoms with van der Waals surface area (Å²) in [4.78, 5) is 41.6. The average Bonchev–Trinajstić information content (AvgIpc) is 3.31. The molecule has 2 N–H and O–H groups in total. The van der Waals surface area contributed by atoms with Crippen LogP contribution < -0.4 is 10.1 Å². The van der Waals surface area contributed by atoms with Crippen molar-refractivity contribution >= 4 is 41.0 Å². The van der Waals surface area contributed by atoms with Gasteiger partial charge in [-0.05, 0) is 74.9 Å². The Morgan fingerprint density at radius 2 is 1.59 bits per heavy atom. The minimum atomic E-state index is -1.04. The molecule has 2 atom stereocenters. The first kappa shape index (κ1) is 36.6. The molecule has 0 aliphatic carbocycles. The molecule has 9 nitrogen and oxygen atoms in total. The van der Waals surface area contributed by atoms with Crippen LogP contribution in [0.15, 0.2) is 65.8 Å². The predicted molar refractivity (Wildman–Crippen MR) is 194 cm³/mol. The number of amidine groups is 1. The Morgan fingerprint density at radius 3 is 2.14 bits per heavy atom. The second-order valence-corrected chi connectivity index (χ2v) is 15.0. The van der Waals surface area contributed by atoms with Crippen molar-refractivity contribution in [2.45, 2.75) is 77.3 Å². The Hall–Kier alpha value is -3.66. The maximum Gasteiger partial charge on any atom is 0.326 e. The highest BCUT2D eigenvalue weighted by Crippen LogP contribution is 2.54. The minimum absolute atomic E-state index is 0.0866. The van der Waals surface area contributed by atoms with Gasteiger partial charge in [-0.1, -0.05) is 68.2 Å². The molecule has 11 heteroatoms. The highest BCUT2D eigenvalue weighted by Gasteiger charge is 2.60. The first-order valence-electron chi connectivity index (χ1n) is 16.9. The molecule has 3 heterocycles. The van der Waals surface area contributed by atoms with Crippen LogP contribution >= 0.6 is 23.2 Å². The van der Waals surface area contributed by atoms with Gasteiger partial charge in [0.15, 0.2) is 0 Å². The fourth-order valence-corrected chi connectivity index (χ4v) is 7.11. The molecular weight excluding hydrogens is 661 g/mol. The molecule has 0 saturated carbocycles. The minimum Gasteiger partial charge on any atom is -0.493 e. The molecular formula is C38H47Cl2N5O4. The Kier molecular flexibility index (Phi) is 11.0. The molecule has 3 amide bonds. The number of urea groups is 1. The Bertz CT molecular complexity index is 1680. The van der Waals surface area contributed by atoms with Crippen molar-refractivity contribution in [2.24, 2.45) is 10.9 Å². The van der Waals surface area contributed by atoms with Crippen LogP contribution in [-0.4, -0.2) is 70.5 Å². The molecule has 2 aliphatic heterocycles. The zero-order valence-corrected chi connectivity index (χ0v) is 30.7. The maximum atomic E-state index is 15.1. The molecule has 2 unspecified atom stereocenters. The number of nitrogens with zero attached hydrogens (tertiary/aromatic N) is 4. The smallest absolute Gasteiger partial charge is 0.326 e. The van der Waals surface area contributed by atoms with E-state index in [9.17, 15) is 4.79 Å². The number of likely N-dealkylation sites (tertiary alicyclic amines) is 1. The summed E-state index contributed by atoms with van der Waals surface area (Å²) in [6.07, 6.45) is 3.49. The normalized spacial score (nSPS) is 21.4. The molecule has 49 heavy (non-hydrogen) atoms. The van der Waals surface area contributed by atoms with Crippen molar-refractivity contribution < 1.29 is 19.4 Å². The van der Waals surface area contributed by atoms with Crippen LogP contribution in [0.4, 0.5) is 4.79 Å². The Balaban J connectivity index is 1.65. The van der Waals surface area contributed by atoms with E-state index >= 15 is 4.79 Å². The maximum absolute atomic E-state index is 15.1. The molecule has 2 aromatic carbocycles. The van der Waals surface area contributed by atoms with E-state index in [4.69, 9.17) is 43.0 Å². The van der Waals surface area contributed by atoms with E-state index in [2.05, 4.69) is 33.0 Å². The molecule has 1 saturated heterocycles. The van der Waals surface area contributed by atoms with E-state index in [-0.39, 0.29) is 36.4 Å².